The van der Waals surface area contributed by atoms with Crippen LogP contribution in [-0.4, -0.2) is 49.7 Å². The maximum atomic E-state index is 12.6. The van der Waals surface area contributed by atoms with Gasteiger partial charge < -0.3 is 24.3 Å². The van der Waals surface area contributed by atoms with Crippen molar-refractivity contribution in [2.75, 3.05) is 12.5 Å². The van der Waals surface area contributed by atoms with Gasteiger partial charge in [0.15, 0.2) is 21.3 Å². The van der Waals surface area contributed by atoms with E-state index in [0.29, 0.717) is 23.3 Å². The Morgan fingerprint density at radius 2 is 2.00 bits per heavy atom. The molecule has 3 rings (SSSR count). The summed E-state index contributed by atoms with van der Waals surface area (Å²) >= 11 is 0. The summed E-state index contributed by atoms with van der Waals surface area (Å²) in [7, 11) is -3.62. The third-order valence-corrected chi connectivity index (χ3v) is 6.88. The Labute approximate surface area is 158 Å². The van der Waals surface area contributed by atoms with Gasteiger partial charge in [-0.05, 0) is 38.5 Å². The number of nitrogens with one attached hydrogen (secondary N) is 1. The lowest BCUT2D eigenvalue weighted by Gasteiger charge is -2.22. The van der Waals surface area contributed by atoms with Gasteiger partial charge in [0.25, 0.3) is 0 Å². The van der Waals surface area contributed by atoms with Gasteiger partial charge in [0, 0.05) is 11.7 Å². The first-order chi connectivity index (χ1) is 12.5. The number of rotatable bonds is 5. The van der Waals surface area contributed by atoms with Crippen molar-refractivity contribution in [3.05, 3.63) is 23.8 Å². The molecule has 8 nitrogen and oxygen atoms in total. The van der Waals surface area contributed by atoms with E-state index in [4.69, 9.17) is 14.2 Å². The fourth-order valence-corrected chi connectivity index (χ4v) is 5.35. The number of ether oxygens (including phenoxy) is 3. The Morgan fingerprint density at radius 1 is 1.33 bits per heavy atom. The van der Waals surface area contributed by atoms with Crippen molar-refractivity contribution < 1.29 is 32.2 Å². The number of hydrogen-bond acceptors (Lipinski definition) is 7. The zero-order chi connectivity index (χ0) is 20.0. The number of carbonyl (C=O) groups excluding carboxylic acids is 2. The van der Waals surface area contributed by atoms with Crippen LogP contribution in [0.1, 0.15) is 39.2 Å². The monoisotopic (exact) mass is 397 g/mol. The van der Waals surface area contributed by atoms with Crippen LogP contribution in [-0.2, 0) is 19.4 Å². The van der Waals surface area contributed by atoms with Crippen molar-refractivity contribution in [3.8, 4) is 11.5 Å². The molecule has 3 atom stereocenters. The minimum Gasteiger partial charge on any atom is -0.454 e. The van der Waals surface area contributed by atoms with Gasteiger partial charge in [-0.2, -0.15) is 0 Å². The van der Waals surface area contributed by atoms with E-state index in [1.807, 2.05) is 0 Å². The molecule has 0 radical (unpaired) electrons. The van der Waals surface area contributed by atoms with Crippen molar-refractivity contribution in [2.24, 2.45) is 0 Å². The van der Waals surface area contributed by atoms with Crippen LogP contribution in [0.3, 0.4) is 0 Å². The lowest BCUT2D eigenvalue weighted by atomic mass is 10.1. The third kappa shape index (κ3) is 3.47. The van der Waals surface area contributed by atoms with E-state index >= 15 is 0 Å². The largest absolute Gasteiger partial charge is 0.454 e. The standard InChI is InChI=1S/C18H23NO7S/c1-5-27(22,23)15-14(11-6-7-12-13(8-11)25-10-24-12)18(15,9-20)19-16(21)26-17(2,3)4/h6-9,14-15H,5,10H2,1-4H3,(H,19,21)/t14-,15-,18-/m1/s1. The number of carbonyl (C=O) groups is 2. The second kappa shape index (κ2) is 6.40. The molecule has 1 saturated carbocycles. The molecular formula is C18H23NO7S. The van der Waals surface area contributed by atoms with E-state index in [-0.39, 0.29) is 12.5 Å². The van der Waals surface area contributed by atoms with Gasteiger partial charge in [0.2, 0.25) is 6.79 Å². The molecule has 0 aromatic heterocycles. The van der Waals surface area contributed by atoms with Crippen molar-refractivity contribution in [3.63, 3.8) is 0 Å². The number of benzene rings is 1. The zero-order valence-corrected chi connectivity index (χ0v) is 16.5. The highest BCUT2D eigenvalue weighted by Crippen LogP contribution is 2.56. The minimum atomic E-state index is -3.62. The minimum absolute atomic E-state index is 0.0785. The Hall–Kier alpha value is -2.29. The molecule has 1 N–H and O–H groups in total. The van der Waals surface area contributed by atoms with Crippen LogP contribution in [0.5, 0.6) is 11.5 Å². The molecule has 1 heterocycles. The SMILES string of the molecule is CCS(=O)(=O)[C@@H]1[C@@H](c2ccc3c(c2)OCO3)[C@@]1(C=O)NC(=O)OC(C)(C)C. The number of hydrogen-bond donors (Lipinski definition) is 1. The van der Waals surface area contributed by atoms with Crippen LogP contribution in [0.25, 0.3) is 0 Å². The van der Waals surface area contributed by atoms with Crippen molar-refractivity contribution in [1.82, 2.24) is 5.32 Å². The first-order valence-electron chi connectivity index (χ1n) is 8.62. The molecule has 9 heteroatoms. The molecule has 2 aliphatic rings. The Kier molecular flexibility index (Phi) is 4.62. The smallest absolute Gasteiger partial charge is 0.408 e. The van der Waals surface area contributed by atoms with Crippen LogP contribution >= 0.6 is 0 Å². The van der Waals surface area contributed by atoms with E-state index in [9.17, 15) is 18.0 Å². The van der Waals surface area contributed by atoms with E-state index < -0.39 is 38.2 Å². The maximum absolute atomic E-state index is 12.6. The van der Waals surface area contributed by atoms with E-state index in [2.05, 4.69) is 5.32 Å². The van der Waals surface area contributed by atoms with Gasteiger partial charge >= 0.3 is 6.09 Å². The van der Waals surface area contributed by atoms with Gasteiger partial charge in [0.1, 0.15) is 22.7 Å². The predicted octanol–water partition coefficient (Wildman–Crippen LogP) is 1.78. The van der Waals surface area contributed by atoms with Crippen molar-refractivity contribution in [1.29, 1.82) is 0 Å². The quantitative estimate of drug-likeness (QED) is 0.755. The summed E-state index contributed by atoms with van der Waals surface area (Å²) in [6, 6.07) is 4.99. The topological polar surface area (TPSA) is 108 Å². The first-order valence-corrected chi connectivity index (χ1v) is 10.3. The van der Waals surface area contributed by atoms with Gasteiger partial charge in [0.05, 0.1) is 0 Å². The third-order valence-electron chi connectivity index (χ3n) is 4.64. The normalized spacial score (nSPS) is 26.4. The summed E-state index contributed by atoms with van der Waals surface area (Å²) in [5.74, 6) is 0.141. The zero-order valence-electron chi connectivity index (χ0n) is 15.6. The number of aldehydes is 1. The molecule has 0 unspecified atom stereocenters. The fourth-order valence-electron chi connectivity index (χ4n) is 3.41. The average molecular weight is 397 g/mol. The van der Waals surface area contributed by atoms with E-state index in [1.54, 1.807) is 39.0 Å². The van der Waals surface area contributed by atoms with Crippen molar-refractivity contribution in [2.45, 2.75) is 50.0 Å². The van der Waals surface area contributed by atoms with Crippen LogP contribution in [0.15, 0.2) is 18.2 Å². The van der Waals surface area contributed by atoms with Crippen LogP contribution in [0.2, 0.25) is 0 Å². The summed E-state index contributed by atoms with van der Waals surface area (Å²) in [6.07, 6.45) is -0.349. The summed E-state index contributed by atoms with van der Waals surface area (Å²) < 4.78 is 41.1. The van der Waals surface area contributed by atoms with Gasteiger partial charge in [-0.15, -0.1) is 0 Å². The van der Waals surface area contributed by atoms with Crippen molar-refractivity contribution >= 4 is 22.2 Å². The van der Waals surface area contributed by atoms with Gasteiger partial charge in [-0.1, -0.05) is 13.0 Å². The lowest BCUT2D eigenvalue weighted by molar-refractivity contribution is -0.110. The summed E-state index contributed by atoms with van der Waals surface area (Å²) in [4.78, 5) is 24.3. The Balaban J connectivity index is 1.97. The molecule has 1 aromatic rings. The molecule has 1 fully saturated rings. The summed E-state index contributed by atoms with van der Waals surface area (Å²) in [5, 5.41) is 1.43. The maximum Gasteiger partial charge on any atom is 0.408 e. The highest BCUT2D eigenvalue weighted by atomic mass is 32.2. The molecule has 1 aromatic carbocycles. The van der Waals surface area contributed by atoms with Gasteiger partial charge in [-0.3, -0.25) is 0 Å². The number of fused-ring (bicyclic) bond motifs is 1. The average Bonchev–Trinajstić information content (AvgIpc) is 3.00. The van der Waals surface area contributed by atoms with E-state index in [0.717, 1.165) is 0 Å². The van der Waals surface area contributed by atoms with Gasteiger partial charge in [-0.25, -0.2) is 13.2 Å². The second-order valence-electron chi connectivity index (χ2n) is 7.64. The molecular weight excluding hydrogens is 374 g/mol. The number of sulfone groups is 1. The number of alkyl carbamates (subject to hydrolysis) is 1. The van der Waals surface area contributed by atoms with Crippen LogP contribution in [0.4, 0.5) is 4.79 Å². The predicted molar refractivity (Wildman–Crippen MR) is 96.7 cm³/mol. The molecule has 148 valence electrons. The van der Waals surface area contributed by atoms with E-state index in [1.165, 1.54) is 6.92 Å². The molecule has 1 aliphatic heterocycles. The highest BCUT2D eigenvalue weighted by Gasteiger charge is 2.72. The molecule has 0 bridgehead atoms. The molecule has 1 amide bonds. The second-order valence-corrected chi connectivity index (χ2v) is 10.1. The molecule has 0 spiro atoms. The van der Waals surface area contributed by atoms with Crippen LogP contribution in [0, 0.1) is 0 Å². The molecule has 1 aliphatic carbocycles. The Morgan fingerprint density at radius 3 is 2.59 bits per heavy atom. The molecule has 27 heavy (non-hydrogen) atoms. The summed E-state index contributed by atoms with van der Waals surface area (Å²) in [6.45, 7) is 6.64. The van der Waals surface area contributed by atoms with Crippen LogP contribution < -0.4 is 14.8 Å². The highest BCUT2D eigenvalue weighted by molar-refractivity contribution is 7.92. The summed E-state index contributed by atoms with van der Waals surface area (Å²) in [5.41, 5.74) is -1.79. The Bertz CT molecular complexity index is 874. The fraction of sp³-hybridized carbons (Fsp3) is 0.556. The number of amides is 1. The first kappa shape index (κ1) is 19.5. The lowest BCUT2D eigenvalue weighted by Crippen LogP contribution is -2.45. The molecule has 0 saturated heterocycles.